The molecular formula is C34H29NO6S. The Morgan fingerprint density at radius 1 is 0.952 bits per heavy atom. The Morgan fingerprint density at radius 2 is 1.71 bits per heavy atom. The highest BCUT2D eigenvalue weighted by atomic mass is 32.2. The Kier molecular flexibility index (Phi) is 8.74. The number of hydrogen-bond donors (Lipinski definition) is 1. The smallest absolute Gasteiger partial charge is 0.344 e. The second-order valence-corrected chi connectivity index (χ2v) is 10.5. The van der Waals surface area contributed by atoms with Gasteiger partial charge in [0.1, 0.15) is 23.0 Å². The Balaban J connectivity index is 1.42. The van der Waals surface area contributed by atoms with Crippen molar-refractivity contribution in [2.24, 2.45) is 4.99 Å². The molecule has 4 aromatic rings. The quantitative estimate of drug-likeness (QED) is 0.217. The average molecular weight is 580 g/mol. The van der Waals surface area contributed by atoms with Crippen LogP contribution in [-0.2, 0) is 16.1 Å². The highest BCUT2D eigenvalue weighted by Crippen LogP contribution is 2.40. The van der Waals surface area contributed by atoms with Crippen LogP contribution in [-0.4, -0.2) is 35.7 Å². The van der Waals surface area contributed by atoms with E-state index in [1.165, 1.54) is 0 Å². The fourth-order valence-corrected chi connectivity index (χ4v) is 5.59. The van der Waals surface area contributed by atoms with Crippen molar-refractivity contribution in [3.63, 3.8) is 0 Å². The van der Waals surface area contributed by atoms with Crippen molar-refractivity contribution in [2.45, 2.75) is 20.5 Å². The lowest BCUT2D eigenvalue weighted by Crippen LogP contribution is -2.14. The zero-order valence-electron chi connectivity index (χ0n) is 23.4. The predicted molar refractivity (Wildman–Crippen MR) is 166 cm³/mol. The maximum Gasteiger partial charge on any atom is 0.344 e. The van der Waals surface area contributed by atoms with Gasteiger partial charge in [0.2, 0.25) is 0 Å². The van der Waals surface area contributed by atoms with Crippen LogP contribution < -0.4 is 9.47 Å². The number of rotatable bonds is 8. The van der Waals surface area contributed by atoms with Crippen LogP contribution in [0.1, 0.15) is 34.0 Å². The van der Waals surface area contributed by atoms with Gasteiger partial charge in [0.25, 0.3) is 5.91 Å². The van der Waals surface area contributed by atoms with Gasteiger partial charge in [-0.1, -0.05) is 78.5 Å². The number of aryl methyl sites for hydroxylation is 1. The lowest BCUT2D eigenvalue weighted by molar-refractivity contribution is -0.138. The second-order valence-electron chi connectivity index (χ2n) is 9.43. The van der Waals surface area contributed by atoms with Gasteiger partial charge in [-0.15, -0.1) is 0 Å². The van der Waals surface area contributed by atoms with E-state index in [1.54, 1.807) is 44.4 Å². The van der Waals surface area contributed by atoms with E-state index >= 15 is 0 Å². The van der Waals surface area contributed by atoms with E-state index < -0.39 is 11.9 Å². The number of aliphatic hydroxyl groups excluding tert-OH is 1. The second kappa shape index (κ2) is 12.8. The molecule has 0 fully saturated rings. The molecule has 0 radical (unpaired) electrons. The average Bonchev–Trinajstić information content (AvgIpc) is 3.30. The van der Waals surface area contributed by atoms with E-state index in [-0.39, 0.29) is 23.0 Å². The van der Waals surface area contributed by atoms with Crippen molar-refractivity contribution in [1.82, 2.24) is 0 Å². The summed E-state index contributed by atoms with van der Waals surface area (Å²) >= 11 is 1.02. The first-order valence-electron chi connectivity index (χ1n) is 13.4. The van der Waals surface area contributed by atoms with Gasteiger partial charge in [0.15, 0.2) is 11.5 Å². The highest BCUT2D eigenvalue weighted by molar-refractivity contribution is 8.18. The molecule has 42 heavy (non-hydrogen) atoms. The molecule has 0 spiro atoms. The van der Waals surface area contributed by atoms with Crippen LogP contribution in [0.5, 0.6) is 11.5 Å². The molecule has 1 heterocycles. The lowest BCUT2D eigenvalue weighted by atomic mass is 10.1. The standard InChI is InChI=1S/C34H29NO6S/c1-4-40-34(38)30-31(36)29(42-33(30)35-32(37)25-14-7-5-10-21(25)2)19-22-16-17-27(28(18-22)39-3)41-20-24-13-9-12-23-11-6-8-15-26(23)24/h5-19,36H,4,20H2,1-3H3/b29-19-,35-33?. The first kappa shape index (κ1) is 28.7. The summed E-state index contributed by atoms with van der Waals surface area (Å²) in [6, 6.07) is 26.7. The maximum atomic E-state index is 13.0. The largest absolute Gasteiger partial charge is 0.506 e. The van der Waals surface area contributed by atoms with Crippen molar-refractivity contribution in [2.75, 3.05) is 13.7 Å². The number of fused-ring (bicyclic) bond motifs is 1. The van der Waals surface area contributed by atoms with Crippen molar-refractivity contribution in [1.29, 1.82) is 0 Å². The number of amides is 1. The zero-order valence-corrected chi connectivity index (χ0v) is 24.2. The minimum Gasteiger partial charge on any atom is -0.506 e. The third-order valence-electron chi connectivity index (χ3n) is 6.70. The highest BCUT2D eigenvalue weighted by Gasteiger charge is 2.34. The van der Waals surface area contributed by atoms with Crippen LogP contribution in [0.3, 0.4) is 0 Å². The molecule has 212 valence electrons. The van der Waals surface area contributed by atoms with Crippen molar-refractivity contribution in [3.05, 3.63) is 123 Å². The van der Waals surface area contributed by atoms with Crippen molar-refractivity contribution >= 4 is 45.5 Å². The Morgan fingerprint density at radius 3 is 2.50 bits per heavy atom. The van der Waals surface area contributed by atoms with Crippen molar-refractivity contribution in [3.8, 4) is 11.5 Å². The molecule has 0 aromatic heterocycles. The van der Waals surface area contributed by atoms with Crippen LogP contribution in [0.2, 0.25) is 0 Å². The number of carbonyl (C=O) groups excluding carboxylic acids is 2. The number of aliphatic hydroxyl groups is 1. The number of ether oxygens (including phenoxy) is 3. The van der Waals surface area contributed by atoms with E-state index in [9.17, 15) is 14.7 Å². The molecule has 8 heteroatoms. The predicted octanol–water partition coefficient (Wildman–Crippen LogP) is 7.44. The van der Waals surface area contributed by atoms with Crippen LogP contribution in [0.15, 0.2) is 106 Å². The van der Waals surface area contributed by atoms with Gasteiger partial charge in [-0.25, -0.2) is 9.79 Å². The summed E-state index contributed by atoms with van der Waals surface area (Å²) in [5, 5.41) is 13.4. The molecule has 0 saturated carbocycles. The topological polar surface area (TPSA) is 94.4 Å². The summed E-state index contributed by atoms with van der Waals surface area (Å²) in [5.41, 5.74) is 2.77. The van der Waals surface area contributed by atoms with Crippen LogP contribution in [0.4, 0.5) is 0 Å². The number of thioether (sulfide) groups is 1. The first-order valence-corrected chi connectivity index (χ1v) is 14.2. The number of nitrogens with zero attached hydrogens (tertiary/aromatic N) is 1. The van der Waals surface area contributed by atoms with Gasteiger partial charge in [-0.05, 0) is 65.6 Å². The molecule has 0 atom stereocenters. The molecule has 0 saturated heterocycles. The Bertz CT molecular complexity index is 1770. The summed E-state index contributed by atoms with van der Waals surface area (Å²) in [5.74, 6) is -0.502. The molecule has 1 aliphatic heterocycles. The van der Waals surface area contributed by atoms with Crippen LogP contribution in [0, 0.1) is 6.92 Å². The number of esters is 1. The van der Waals surface area contributed by atoms with E-state index in [0.29, 0.717) is 34.1 Å². The molecular weight excluding hydrogens is 550 g/mol. The molecule has 7 nitrogen and oxygen atoms in total. The normalized spacial score (nSPS) is 14.9. The van der Waals surface area contributed by atoms with Gasteiger partial charge in [-0.2, -0.15) is 0 Å². The van der Waals surface area contributed by atoms with E-state index in [4.69, 9.17) is 14.2 Å². The van der Waals surface area contributed by atoms with Gasteiger partial charge >= 0.3 is 5.97 Å². The number of aliphatic imine (C=N–C) groups is 1. The summed E-state index contributed by atoms with van der Waals surface area (Å²) in [7, 11) is 1.56. The minimum atomic E-state index is -0.753. The van der Waals surface area contributed by atoms with E-state index in [2.05, 4.69) is 23.2 Å². The SMILES string of the molecule is CCOC(=O)C1=C(O)/C(=C/c2ccc(OCc3cccc4ccccc34)c(OC)c2)SC1=NC(=O)c1ccccc1C. The fraction of sp³-hybridized carbons (Fsp3) is 0.147. The van der Waals surface area contributed by atoms with Gasteiger partial charge in [0.05, 0.1) is 18.6 Å². The number of methoxy groups -OCH3 is 1. The van der Waals surface area contributed by atoms with Crippen LogP contribution >= 0.6 is 11.8 Å². The Labute approximate surface area is 248 Å². The summed E-state index contributed by atoms with van der Waals surface area (Å²) < 4.78 is 16.9. The minimum absolute atomic E-state index is 0.0764. The summed E-state index contributed by atoms with van der Waals surface area (Å²) in [6.07, 6.45) is 1.69. The van der Waals surface area contributed by atoms with Crippen molar-refractivity contribution < 1.29 is 28.9 Å². The number of benzene rings is 4. The summed E-state index contributed by atoms with van der Waals surface area (Å²) in [4.78, 5) is 30.3. The van der Waals surface area contributed by atoms with Crippen LogP contribution in [0.25, 0.3) is 16.8 Å². The Hall–Kier alpha value is -4.82. The monoisotopic (exact) mass is 579 g/mol. The van der Waals surface area contributed by atoms with Gasteiger partial charge in [-0.3, -0.25) is 4.79 Å². The first-order chi connectivity index (χ1) is 20.4. The van der Waals surface area contributed by atoms with E-state index in [1.807, 2.05) is 49.4 Å². The molecule has 5 rings (SSSR count). The molecule has 1 N–H and O–H groups in total. The fourth-order valence-electron chi connectivity index (χ4n) is 4.58. The van der Waals surface area contributed by atoms with Gasteiger partial charge < -0.3 is 19.3 Å². The molecule has 0 bridgehead atoms. The van der Waals surface area contributed by atoms with E-state index in [0.717, 1.165) is 33.7 Å². The zero-order chi connectivity index (χ0) is 29.6. The molecule has 1 aliphatic rings. The lowest BCUT2D eigenvalue weighted by Gasteiger charge is -2.13. The molecule has 0 unspecified atom stereocenters. The maximum absolute atomic E-state index is 13.0. The molecule has 0 aliphatic carbocycles. The summed E-state index contributed by atoms with van der Waals surface area (Å²) in [6.45, 7) is 3.94. The number of hydrogen-bond acceptors (Lipinski definition) is 7. The third-order valence-corrected chi connectivity index (χ3v) is 7.72. The number of carbonyl (C=O) groups is 2. The molecule has 1 amide bonds. The molecule has 4 aromatic carbocycles. The third kappa shape index (κ3) is 6.09. The van der Waals surface area contributed by atoms with Gasteiger partial charge in [0, 0.05) is 5.56 Å².